The van der Waals surface area contributed by atoms with Crippen molar-refractivity contribution in [3.63, 3.8) is 0 Å². The molecule has 7 heteroatoms. The highest BCUT2D eigenvalue weighted by Gasteiger charge is 2.51. The van der Waals surface area contributed by atoms with Gasteiger partial charge < -0.3 is 15.4 Å². The number of fused-ring (bicyclic) bond motifs is 1. The number of amides is 3. The zero-order valence-corrected chi connectivity index (χ0v) is 16.2. The average Bonchev–Trinajstić information content (AvgIpc) is 3.18. The van der Waals surface area contributed by atoms with Gasteiger partial charge in [-0.1, -0.05) is 18.6 Å². The minimum Gasteiger partial charge on any atom is -0.379 e. The first-order valence-electron chi connectivity index (χ1n) is 10.4. The quantitative estimate of drug-likeness (QED) is 0.792. The van der Waals surface area contributed by atoms with E-state index >= 15 is 0 Å². The maximum absolute atomic E-state index is 12.8. The first-order chi connectivity index (χ1) is 13.6. The van der Waals surface area contributed by atoms with Gasteiger partial charge in [0.1, 0.15) is 6.04 Å². The Balaban J connectivity index is 1.35. The van der Waals surface area contributed by atoms with Crippen LogP contribution in [0.1, 0.15) is 31.2 Å². The number of imide groups is 1. The summed E-state index contributed by atoms with van der Waals surface area (Å²) in [5.74, 6) is -0.186. The molecule has 0 aromatic heterocycles. The number of nitrogens with zero attached hydrogens (tertiary/aromatic N) is 3. The summed E-state index contributed by atoms with van der Waals surface area (Å²) < 4.78 is 5.48. The summed E-state index contributed by atoms with van der Waals surface area (Å²) in [5, 5.41) is 0. The van der Waals surface area contributed by atoms with Gasteiger partial charge in [-0.2, -0.15) is 0 Å². The van der Waals surface area contributed by atoms with Crippen molar-refractivity contribution in [1.82, 2.24) is 9.80 Å². The third-order valence-electron chi connectivity index (χ3n) is 7.03. The van der Waals surface area contributed by atoms with Crippen molar-refractivity contribution in [3.8, 4) is 0 Å². The van der Waals surface area contributed by atoms with Crippen LogP contribution in [0.2, 0.25) is 0 Å². The number of hydrogen-bond acceptors (Lipinski definition) is 5. The van der Waals surface area contributed by atoms with E-state index in [-0.39, 0.29) is 23.4 Å². The number of ether oxygens (including phenoxy) is 1. The summed E-state index contributed by atoms with van der Waals surface area (Å²) in [4.78, 5) is 30.9. The number of benzene rings is 1. The molecule has 1 saturated carbocycles. The number of morpholine rings is 1. The van der Waals surface area contributed by atoms with Gasteiger partial charge in [0.05, 0.1) is 18.9 Å². The predicted molar refractivity (Wildman–Crippen MR) is 105 cm³/mol. The number of anilines is 1. The Morgan fingerprint density at radius 3 is 2.39 bits per heavy atom. The third-order valence-corrected chi connectivity index (χ3v) is 7.03. The van der Waals surface area contributed by atoms with E-state index < -0.39 is 6.04 Å². The fourth-order valence-corrected chi connectivity index (χ4v) is 5.23. The van der Waals surface area contributed by atoms with Crippen LogP contribution in [0.25, 0.3) is 0 Å². The number of rotatable bonds is 4. The Labute approximate surface area is 165 Å². The summed E-state index contributed by atoms with van der Waals surface area (Å²) in [6.45, 7) is 5.24. The van der Waals surface area contributed by atoms with Crippen molar-refractivity contribution < 1.29 is 14.3 Å². The van der Waals surface area contributed by atoms with Gasteiger partial charge in [-0.3, -0.25) is 9.69 Å². The summed E-state index contributed by atoms with van der Waals surface area (Å²) >= 11 is 0. The molecule has 28 heavy (non-hydrogen) atoms. The lowest BCUT2D eigenvalue weighted by Gasteiger charge is -2.46. The van der Waals surface area contributed by atoms with Crippen LogP contribution in [0, 0.1) is 0 Å². The highest BCUT2D eigenvalue weighted by atomic mass is 16.5. The second-order valence-corrected chi connectivity index (χ2v) is 8.62. The normalized spacial score (nSPS) is 29.9. The van der Waals surface area contributed by atoms with Gasteiger partial charge in [-0.25, -0.2) is 9.69 Å². The average molecular weight is 384 g/mol. The molecule has 4 aliphatic rings. The van der Waals surface area contributed by atoms with Crippen LogP contribution < -0.4 is 10.6 Å². The third kappa shape index (κ3) is 2.76. The second kappa shape index (κ2) is 6.83. The first-order valence-corrected chi connectivity index (χ1v) is 10.4. The molecule has 0 radical (unpaired) electrons. The zero-order valence-electron chi connectivity index (χ0n) is 16.2. The van der Waals surface area contributed by atoms with Gasteiger partial charge in [0.2, 0.25) is 0 Å². The second-order valence-electron chi connectivity index (χ2n) is 8.62. The molecular formula is C21H28N4O3. The molecule has 0 unspecified atom stereocenters. The Bertz CT molecular complexity index is 770. The molecule has 3 saturated heterocycles. The molecule has 3 amide bonds. The molecule has 3 aliphatic heterocycles. The highest BCUT2D eigenvalue weighted by molar-refractivity contribution is 6.21. The molecule has 1 aromatic rings. The SMILES string of the molecule is N[C@@H]1CCN2C(=O)N(c3ccc(C4(CN5CCOCC5)CCC4)cc3)C(=O)[C@H]12. The molecule has 0 spiro atoms. The maximum Gasteiger partial charge on any atom is 0.332 e. The fourth-order valence-electron chi connectivity index (χ4n) is 5.23. The predicted octanol–water partition coefficient (Wildman–Crippen LogP) is 1.31. The van der Waals surface area contributed by atoms with E-state index in [0.717, 1.165) is 32.8 Å². The molecular weight excluding hydrogens is 356 g/mol. The topological polar surface area (TPSA) is 79.1 Å². The molecule has 5 rings (SSSR count). The van der Waals surface area contributed by atoms with Crippen LogP contribution in [0.5, 0.6) is 0 Å². The first kappa shape index (κ1) is 18.1. The van der Waals surface area contributed by atoms with Crippen molar-refractivity contribution in [1.29, 1.82) is 0 Å². The largest absolute Gasteiger partial charge is 0.379 e. The molecule has 2 N–H and O–H groups in total. The van der Waals surface area contributed by atoms with Crippen LogP contribution in [-0.4, -0.2) is 73.2 Å². The lowest BCUT2D eigenvalue weighted by molar-refractivity contribution is -0.119. The van der Waals surface area contributed by atoms with Crippen molar-refractivity contribution >= 4 is 17.6 Å². The summed E-state index contributed by atoms with van der Waals surface area (Å²) in [6, 6.07) is 7.09. The van der Waals surface area contributed by atoms with Crippen LogP contribution >= 0.6 is 0 Å². The van der Waals surface area contributed by atoms with Gasteiger partial charge in [0.15, 0.2) is 0 Å². The Morgan fingerprint density at radius 1 is 1.07 bits per heavy atom. The standard InChI is InChI=1S/C21H28N4O3/c22-17-6-9-24-18(17)19(26)25(20(24)27)16-4-2-15(3-5-16)21(7-1-8-21)14-23-10-12-28-13-11-23/h2-5,17-18H,1,6-14,22H2/t17-,18+/m1/s1. The number of hydrogen-bond donors (Lipinski definition) is 1. The minimum atomic E-state index is -0.494. The molecule has 2 atom stereocenters. The van der Waals surface area contributed by atoms with Crippen molar-refractivity contribution in [2.75, 3.05) is 44.3 Å². The van der Waals surface area contributed by atoms with Gasteiger partial charge in [0, 0.05) is 37.6 Å². The van der Waals surface area contributed by atoms with E-state index in [9.17, 15) is 9.59 Å². The molecule has 1 aliphatic carbocycles. The molecule has 7 nitrogen and oxygen atoms in total. The lowest BCUT2D eigenvalue weighted by Crippen LogP contribution is -2.49. The highest BCUT2D eigenvalue weighted by Crippen LogP contribution is 2.45. The van der Waals surface area contributed by atoms with Gasteiger partial charge in [-0.05, 0) is 37.0 Å². The van der Waals surface area contributed by atoms with Crippen molar-refractivity contribution in [2.24, 2.45) is 5.73 Å². The van der Waals surface area contributed by atoms with E-state index in [4.69, 9.17) is 10.5 Å². The summed E-state index contributed by atoms with van der Waals surface area (Å²) in [6.07, 6.45) is 4.33. The van der Waals surface area contributed by atoms with Crippen molar-refractivity contribution in [3.05, 3.63) is 29.8 Å². The number of carbonyl (C=O) groups is 2. The molecule has 3 heterocycles. The van der Waals surface area contributed by atoms with Gasteiger partial charge in [0.25, 0.3) is 5.91 Å². The van der Waals surface area contributed by atoms with Crippen LogP contribution in [0.4, 0.5) is 10.5 Å². The number of urea groups is 1. The molecule has 0 bridgehead atoms. The molecule has 1 aromatic carbocycles. The van der Waals surface area contributed by atoms with Crippen LogP contribution in [0.3, 0.4) is 0 Å². The molecule has 4 fully saturated rings. The van der Waals surface area contributed by atoms with E-state index in [1.165, 1.54) is 29.7 Å². The van der Waals surface area contributed by atoms with Crippen molar-refractivity contribution in [2.45, 2.75) is 43.2 Å². The Morgan fingerprint density at radius 2 is 1.79 bits per heavy atom. The van der Waals surface area contributed by atoms with E-state index in [2.05, 4.69) is 17.0 Å². The summed E-state index contributed by atoms with van der Waals surface area (Å²) in [7, 11) is 0. The number of carbonyl (C=O) groups excluding carboxylic acids is 2. The lowest BCUT2D eigenvalue weighted by atomic mass is 9.64. The maximum atomic E-state index is 12.8. The van der Waals surface area contributed by atoms with E-state index in [1.54, 1.807) is 4.90 Å². The molecule has 150 valence electrons. The fraction of sp³-hybridized carbons (Fsp3) is 0.619. The van der Waals surface area contributed by atoms with Gasteiger partial charge in [-0.15, -0.1) is 0 Å². The monoisotopic (exact) mass is 384 g/mol. The van der Waals surface area contributed by atoms with Crippen LogP contribution in [0.15, 0.2) is 24.3 Å². The summed E-state index contributed by atoms with van der Waals surface area (Å²) in [5.41, 5.74) is 8.21. The number of nitrogens with two attached hydrogens (primary N) is 1. The Hall–Kier alpha value is -1.96. The van der Waals surface area contributed by atoms with Crippen LogP contribution in [-0.2, 0) is 14.9 Å². The minimum absolute atomic E-state index is 0.186. The van der Waals surface area contributed by atoms with E-state index in [1.807, 2.05) is 12.1 Å². The Kier molecular flexibility index (Phi) is 4.41. The smallest absolute Gasteiger partial charge is 0.332 e. The van der Waals surface area contributed by atoms with E-state index in [0.29, 0.717) is 18.7 Å². The zero-order chi connectivity index (χ0) is 19.3. The van der Waals surface area contributed by atoms with Gasteiger partial charge >= 0.3 is 6.03 Å².